The molecule has 1 fully saturated rings. The second-order valence-corrected chi connectivity index (χ2v) is 12.5. The Balaban J connectivity index is 1.29. The molecule has 10 heteroatoms. The SMILES string of the molecule is CC(C)(C)OC(=O)NCC1CCC(Nc2nc(-c3ccn(S(=O)(=O)c4ccccc4)c3)cs2)CC1. The van der Waals surface area contributed by atoms with Crippen LogP contribution in [0, 0.1) is 5.92 Å². The molecule has 0 unspecified atom stereocenters. The van der Waals surface area contributed by atoms with Gasteiger partial charge in [-0.2, -0.15) is 0 Å². The molecule has 1 aromatic carbocycles. The van der Waals surface area contributed by atoms with E-state index >= 15 is 0 Å². The molecule has 0 radical (unpaired) electrons. The van der Waals surface area contributed by atoms with Crippen molar-refractivity contribution in [3.05, 3.63) is 54.2 Å². The Morgan fingerprint density at radius 3 is 2.54 bits per heavy atom. The minimum absolute atomic E-state index is 0.250. The van der Waals surface area contributed by atoms with Crippen molar-refractivity contribution in [2.45, 2.75) is 63.0 Å². The highest BCUT2D eigenvalue weighted by molar-refractivity contribution is 7.90. The number of aromatic nitrogens is 2. The zero-order chi connectivity index (χ0) is 25.1. The molecule has 1 saturated carbocycles. The number of amides is 1. The molecule has 4 rings (SSSR count). The molecule has 1 amide bonds. The number of hydrogen-bond donors (Lipinski definition) is 2. The number of rotatable bonds is 7. The monoisotopic (exact) mass is 516 g/mol. The maximum atomic E-state index is 12.8. The standard InChI is InChI=1S/C25H32N4O4S2/c1-25(2,3)33-24(30)26-15-18-9-11-20(12-10-18)27-23-28-22(17-34-23)19-13-14-29(16-19)35(31,32)21-7-5-4-6-8-21/h4-8,13-14,16-18,20H,9-12,15H2,1-3H3,(H,26,30)(H,27,28). The molecule has 188 valence electrons. The fraction of sp³-hybridized carbons (Fsp3) is 0.440. The molecule has 2 aromatic heterocycles. The van der Waals surface area contributed by atoms with E-state index in [1.165, 1.54) is 15.3 Å². The summed E-state index contributed by atoms with van der Waals surface area (Å²) in [6.07, 6.45) is 6.83. The molecule has 1 aliphatic carbocycles. The zero-order valence-electron chi connectivity index (χ0n) is 20.2. The number of anilines is 1. The number of alkyl carbamates (subject to hydrolysis) is 1. The van der Waals surface area contributed by atoms with Gasteiger partial charge in [0.15, 0.2) is 5.13 Å². The highest BCUT2D eigenvalue weighted by Gasteiger charge is 2.24. The minimum atomic E-state index is -3.62. The maximum absolute atomic E-state index is 12.8. The number of nitrogens with one attached hydrogen (secondary N) is 2. The molecule has 0 bridgehead atoms. The number of carbonyl (C=O) groups excluding carboxylic acids is 1. The Morgan fingerprint density at radius 2 is 1.86 bits per heavy atom. The normalized spacial score (nSPS) is 18.7. The van der Waals surface area contributed by atoms with Crippen LogP contribution in [0.25, 0.3) is 11.3 Å². The lowest BCUT2D eigenvalue weighted by molar-refractivity contribution is 0.0515. The Kier molecular flexibility index (Phi) is 7.51. The first kappa shape index (κ1) is 25.2. The summed E-state index contributed by atoms with van der Waals surface area (Å²) in [6.45, 7) is 6.20. The highest BCUT2D eigenvalue weighted by atomic mass is 32.2. The predicted molar refractivity (Wildman–Crippen MR) is 138 cm³/mol. The lowest BCUT2D eigenvalue weighted by Crippen LogP contribution is -2.37. The van der Waals surface area contributed by atoms with Crippen LogP contribution in [0.1, 0.15) is 46.5 Å². The van der Waals surface area contributed by atoms with Gasteiger partial charge >= 0.3 is 6.09 Å². The molecule has 3 aromatic rings. The van der Waals surface area contributed by atoms with Crippen molar-refractivity contribution in [1.82, 2.24) is 14.3 Å². The average molecular weight is 517 g/mol. The predicted octanol–water partition coefficient (Wildman–Crippen LogP) is 5.34. The van der Waals surface area contributed by atoms with Gasteiger partial charge in [-0.3, -0.25) is 0 Å². The van der Waals surface area contributed by atoms with Gasteiger partial charge in [0, 0.05) is 35.9 Å². The number of benzene rings is 1. The summed E-state index contributed by atoms with van der Waals surface area (Å²) < 4.78 is 32.2. The van der Waals surface area contributed by atoms with Crippen molar-refractivity contribution in [3.63, 3.8) is 0 Å². The van der Waals surface area contributed by atoms with Crippen LogP contribution in [0.5, 0.6) is 0 Å². The molecule has 2 N–H and O–H groups in total. The third-order valence-electron chi connectivity index (χ3n) is 5.89. The van der Waals surface area contributed by atoms with Crippen LogP contribution < -0.4 is 10.6 Å². The van der Waals surface area contributed by atoms with Crippen LogP contribution in [-0.4, -0.2) is 41.7 Å². The molecular weight excluding hydrogens is 484 g/mol. The Bertz CT molecular complexity index is 1240. The molecule has 0 aliphatic heterocycles. The van der Waals surface area contributed by atoms with Crippen molar-refractivity contribution in [1.29, 1.82) is 0 Å². The van der Waals surface area contributed by atoms with E-state index in [0.29, 0.717) is 18.5 Å². The molecule has 1 aliphatic rings. The number of thiazole rings is 1. The average Bonchev–Trinajstić information content (AvgIpc) is 3.48. The summed E-state index contributed by atoms with van der Waals surface area (Å²) >= 11 is 1.52. The first-order chi connectivity index (χ1) is 16.6. The number of nitrogens with zero attached hydrogens (tertiary/aromatic N) is 2. The van der Waals surface area contributed by atoms with E-state index in [1.807, 2.05) is 26.2 Å². The van der Waals surface area contributed by atoms with Gasteiger partial charge in [-0.05, 0) is 70.6 Å². The molecule has 0 spiro atoms. The van der Waals surface area contributed by atoms with Gasteiger partial charge < -0.3 is 15.4 Å². The summed E-state index contributed by atoms with van der Waals surface area (Å²) in [5.74, 6) is 0.443. The van der Waals surface area contributed by atoms with E-state index in [2.05, 4.69) is 15.6 Å². The molecule has 0 saturated heterocycles. The lowest BCUT2D eigenvalue weighted by Gasteiger charge is -2.29. The minimum Gasteiger partial charge on any atom is -0.444 e. The smallest absolute Gasteiger partial charge is 0.407 e. The van der Waals surface area contributed by atoms with Crippen molar-refractivity contribution in [2.75, 3.05) is 11.9 Å². The fourth-order valence-corrected chi connectivity index (χ4v) is 6.11. The van der Waals surface area contributed by atoms with Crippen molar-refractivity contribution < 1.29 is 17.9 Å². The van der Waals surface area contributed by atoms with Crippen LogP contribution in [0.15, 0.2) is 59.1 Å². The Morgan fingerprint density at radius 1 is 1.14 bits per heavy atom. The first-order valence-electron chi connectivity index (χ1n) is 11.8. The van der Waals surface area contributed by atoms with Crippen molar-refractivity contribution in [3.8, 4) is 11.3 Å². The topological polar surface area (TPSA) is 102 Å². The van der Waals surface area contributed by atoms with Crippen LogP contribution >= 0.6 is 11.3 Å². The van der Waals surface area contributed by atoms with Crippen LogP contribution in [0.4, 0.5) is 9.93 Å². The quantitative estimate of drug-likeness (QED) is 0.439. The molecular formula is C25H32N4O4S2. The zero-order valence-corrected chi connectivity index (χ0v) is 21.9. The van der Waals surface area contributed by atoms with Crippen molar-refractivity contribution in [2.24, 2.45) is 5.92 Å². The Hall–Kier alpha value is -2.85. The first-order valence-corrected chi connectivity index (χ1v) is 14.1. The van der Waals surface area contributed by atoms with E-state index in [0.717, 1.165) is 42.1 Å². The van der Waals surface area contributed by atoms with Gasteiger partial charge in [0.2, 0.25) is 0 Å². The Labute approximate surface area is 210 Å². The summed E-state index contributed by atoms with van der Waals surface area (Å²) in [6, 6.07) is 10.5. The largest absolute Gasteiger partial charge is 0.444 e. The lowest BCUT2D eigenvalue weighted by atomic mass is 9.86. The van der Waals surface area contributed by atoms with Crippen LogP contribution in [-0.2, 0) is 14.8 Å². The van der Waals surface area contributed by atoms with Crippen LogP contribution in [0.2, 0.25) is 0 Å². The second-order valence-electron chi connectivity index (χ2n) is 9.83. The summed E-state index contributed by atoms with van der Waals surface area (Å²) in [4.78, 5) is 16.8. The number of carbonyl (C=O) groups is 1. The van der Waals surface area contributed by atoms with Gasteiger partial charge in [0.05, 0.1) is 10.6 Å². The number of ether oxygens (including phenoxy) is 1. The molecule has 0 atom stereocenters. The van der Waals surface area contributed by atoms with Gasteiger partial charge in [-0.1, -0.05) is 18.2 Å². The van der Waals surface area contributed by atoms with Gasteiger partial charge in [0.1, 0.15) is 5.60 Å². The van der Waals surface area contributed by atoms with E-state index in [1.54, 1.807) is 48.8 Å². The highest BCUT2D eigenvalue weighted by Crippen LogP contribution is 2.30. The third-order valence-corrected chi connectivity index (χ3v) is 8.32. The van der Waals surface area contributed by atoms with E-state index < -0.39 is 15.6 Å². The summed E-state index contributed by atoms with van der Waals surface area (Å²) in [5.41, 5.74) is 1.01. The molecule has 8 nitrogen and oxygen atoms in total. The number of hydrogen-bond acceptors (Lipinski definition) is 7. The summed E-state index contributed by atoms with van der Waals surface area (Å²) in [7, 11) is -3.62. The van der Waals surface area contributed by atoms with Gasteiger partial charge in [0.25, 0.3) is 10.0 Å². The van der Waals surface area contributed by atoms with E-state index in [9.17, 15) is 13.2 Å². The maximum Gasteiger partial charge on any atom is 0.407 e. The fourth-order valence-electron chi connectivity index (χ4n) is 4.09. The van der Waals surface area contributed by atoms with Crippen LogP contribution in [0.3, 0.4) is 0 Å². The molecule has 2 heterocycles. The van der Waals surface area contributed by atoms with Crippen molar-refractivity contribution >= 4 is 32.6 Å². The summed E-state index contributed by atoms with van der Waals surface area (Å²) in [5, 5.41) is 9.17. The second kappa shape index (κ2) is 10.4. The van der Waals surface area contributed by atoms with E-state index in [4.69, 9.17) is 4.74 Å². The van der Waals surface area contributed by atoms with Gasteiger partial charge in [-0.15, -0.1) is 11.3 Å². The van der Waals surface area contributed by atoms with Gasteiger partial charge in [-0.25, -0.2) is 22.2 Å². The molecule has 35 heavy (non-hydrogen) atoms. The van der Waals surface area contributed by atoms with E-state index in [-0.39, 0.29) is 11.0 Å². The third kappa shape index (κ3) is 6.64.